The molecular formula is C18H17ClF4N6O2. The normalized spacial score (nSPS) is 11.9. The fraction of sp³-hybridized carbons (Fsp3) is 0.167. The average molecular weight is 461 g/mol. The maximum absolute atomic E-state index is 14.4. The third kappa shape index (κ3) is 6.06. The second-order valence-corrected chi connectivity index (χ2v) is 6.44. The molecule has 2 aromatic rings. The SMILES string of the molecule is NC(N)=NC(N)=Nc1cc(Cl)c(-c2ccc(C(=O)NCCO)c(F)c2)c(C(F)(F)F)c1. The summed E-state index contributed by atoms with van der Waals surface area (Å²) in [4.78, 5) is 18.9. The molecule has 0 radical (unpaired) electrons. The average Bonchev–Trinajstić information content (AvgIpc) is 2.64. The summed E-state index contributed by atoms with van der Waals surface area (Å²) in [5.41, 5.74) is 13.1. The number of guanidine groups is 2. The summed E-state index contributed by atoms with van der Waals surface area (Å²) in [6.07, 6.45) is -4.89. The van der Waals surface area contributed by atoms with Crippen molar-refractivity contribution in [1.29, 1.82) is 0 Å². The van der Waals surface area contributed by atoms with Gasteiger partial charge in [0, 0.05) is 12.1 Å². The Kier molecular flexibility index (Phi) is 7.41. The molecule has 0 aliphatic rings. The molecule has 0 aliphatic carbocycles. The zero-order valence-electron chi connectivity index (χ0n) is 15.7. The molecule has 2 rings (SSSR count). The molecule has 0 saturated carbocycles. The van der Waals surface area contributed by atoms with Gasteiger partial charge in [0.05, 0.1) is 28.4 Å². The largest absolute Gasteiger partial charge is 0.417 e. The molecule has 0 aromatic heterocycles. The number of carbonyl (C=O) groups is 1. The van der Waals surface area contributed by atoms with Crippen molar-refractivity contribution in [3.63, 3.8) is 0 Å². The van der Waals surface area contributed by atoms with Crippen molar-refractivity contribution in [2.75, 3.05) is 13.2 Å². The Morgan fingerprint density at radius 3 is 2.39 bits per heavy atom. The van der Waals surface area contributed by atoms with E-state index in [-0.39, 0.29) is 24.4 Å². The van der Waals surface area contributed by atoms with Crippen LogP contribution in [0, 0.1) is 5.82 Å². The van der Waals surface area contributed by atoms with Crippen molar-refractivity contribution in [3.05, 3.63) is 52.3 Å². The van der Waals surface area contributed by atoms with Crippen molar-refractivity contribution in [1.82, 2.24) is 5.32 Å². The van der Waals surface area contributed by atoms with E-state index in [1.807, 2.05) is 0 Å². The third-order valence-corrected chi connectivity index (χ3v) is 4.07. The van der Waals surface area contributed by atoms with Crippen LogP contribution in [-0.4, -0.2) is 36.1 Å². The Hall–Kier alpha value is -3.38. The van der Waals surface area contributed by atoms with Crippen LogP contribution < -0.4 is 22.5 Å². The van der Waals surface area contributed by atoms with Gasteiger partial charge in [-0.15, -0.1) is 0 Å². The Bertz CT molecular complexity index is 1050. The van der Waals surface area contributed by atoms with Crippen LogP contribution in [0.25, 0.3) is 11.1 Å². The lowest BCUT2D eigenvalue weighted by Gasteiger charge is -2.16. The van der Waals surface area contributed by atoms with Crippen molar-refractivity contribution in [2.45, 2.75) is 6.18 Å². The molecule has 166 valence electrons. The van der Waals surface area contributed by atoms with Gasteiger partial charge >= 0.3 is 6.18 Å². The molecule has 13 heteroatoms. The second-order valence-electron chi connectivity index (χ2n) is 6.03. The van der Waals surface area contributed by atoms with Crippen LogP contribution in [0.1, 0.15) is 15.9 Å². The highest BCUT2D eigenvalue weighted by atomic mass is 35.5. The Labute approximate surface area is 178 Å². The summed E-state index contributed by atoms with van der Waals surface area (Å²) >= 11 is 6.06. The van der Waals surface area contributed by atoms with Crippen molar-refractivity contribution in [3.8, 4) is 11.1 Å². The summed E-state index contributed by atoms with van der Waals surface area (Å²) in [6.45, 7) is -0.479. The van der Waals surface area contributed by atoms with E-state index in [1.165, 1.54) is 0 Å². The number of hydrogen-bond donors (Lipinski definition) is 5. The van der Waals surface area contributed by atoms with Gasteiger partial charge < -0.3 is 27.6 Å². The predicted octanol–water partition coefficient (Wildman–Crippen LogP) is 2.11. The van der Waals surface area contributed by atoms with Gasteiger partial charge in [-0.2, -0.15) is 18.2 Å². The molecule has 0 unspecified atom stereocenters. The quantitative estimate of drug-likeness (QED) is 0.263. The minimum absolute atomic E-state index is 0.116. The first kappa shape index (κ1) is 23.9. The van der Waals surface area contributed by atoms with Crippen LogP contribution in [0.15, 0.2) is 40.3 Å². The second kappa shape index (κ2) is 9.62. The highest BCUT2D eigenvalue weighted by Crippen LogP contribution is 2.43. The van der Waals surface area contributed by atoms with E-state index >= 15 is 0 Å². The third-order valence-electron chi connectivity index (χ3n) is 3.77. The van der Waals surface area contributed by atoms with Crippen LogP contribution >= 0.6 is 11.6 Å². The molecule has 8 N–H and O–H groups in total. The highest BCUT2D eigenvalue weighted by Gasteiger charge is 2.35. The van der Waals surface area contributed by atoms with Gasteiger partial charge in [-0.3, -0.25) is 4.79 Å². The number of benzene rings is 2. The lowest BCUT2D eigenvalue weighted by molar-refractivity contribution is -0.137. The van der Waals surface area contributed by atoms with Gasteiger partial charge in [-0.1, -0.05) is 17.7 Å². The van der Waals surface area contributed by atoms with Crippen molar-refractivity contribution in [2.24, 2.45) is 27.2 Å². The van der Waals surface area contributed by atoms with Gasteiger partial charge in [0.25, 0.3) is 5.91 Å². The van der Waals surface area contributed by atoms with Crippen LogP contribution in [0.2, 0.25) is 5.02 Å². The first-order chi connectivity index (χ1) is 14.4. The zero-order chi connectivity index (χ0) is 23.3. The molecule has 0 aliphatic heterocycles. The molecular weight excluding hydrogens is 444 g/mol. The summed E-state index contributed by atoms with van der Waals surface area (Å²) in [5, 5.41) is 10.6. The van der Waals surface area contributed by atoms with Crippen LogP contribution in [0.3, 0.4) is 0 Å². The lowest BCUT2D eigenvalue weighted by atomic mass is 9.97. The minimum atomic E-state index is -4.89. The smallest absolute Gasteiger partial charge is 0.395 e. The molecule has 1 amide bonds. The van der Waals surface area contributed by atoms with Gasteiger partial charge in [-0.05, 0) is 29.8 Å². The Morgan fingerprint density at radius 1 is 1.16 bits per heavy atom. The molecule has 0 fully saturated rings. The Morgan fingerprint density at radius 2 is 1.84 bits per heavy atom. The molecule has 0 atom stereocenters. The van der Waals surface area contributed by atoms with Gasteiger partial charge in [0.2, 0.25) is 5.96 Å². The van der Waals surface area contributed by atoms with E-state index < -0.39 is 51.5 Å². The molecule has 31 heavy (non-hydrogen) atoms. The predicted molar refractivity (Wildman–Crippen MR) is 108 cm³/mol. The number of carbonyl (C=O) groups excluding carboxylic acids is 1. The van der Waals surface area contributed by atoms with Crippen LogP contribution in [0.5, 0.6) is 0 Å². The molecule has 0 heterocycles. The van der Waals surface area contributed by atoms with E-state index in [9.17, 15) is 22.4 Å². The number of nitrogens with one attached hydrogen (secondary N) is 1. The summed E-state index contributed by atoms with van der Waals surface area (Å²) in [6, 6.07) is 4.60. The van der Waals surface area contributed by atoms with E-state index in [0.717, 1.165) is 24.3 Å². The van der Waals surface area contributed by atoms with Gasteiger partial charge in [0.15, 0.2) is 5.96 Å². The lowest BCUT2D eigenvalue weighted by Crippen LogP contribution is -2.27. The van der Waals surface area contributed by atoms with E-state index in [4.69, 9.17) is 33.9 Å². The van der Waals surface area contributed by atoms with Crippen LogP contribution in [0.4, 0.5) is 23.2 Å². The number of amides is 1. The maximum atomic E-state index is 14.4. The molecule has 2 aromatic carbocycles. The van der Waals surface area contributed by atoms with Crippen molar-refractivity contribution < 1.29 is 27.5 Å². The molecule has 0 saturated heterocycles. The number of aliphatic hydroxyl groups excluding tert-OH is 1. The number of nitrogens with two attached hydrogens (primary N) is 3. The standard InChI is InChI=1S/C18H17ClF4N6O2/c19-12-7-9(28-17(26)29-16(24)25)6-11(18(21,22)23)14(12)8-1-2-10(13(20)5-8)15(31)27-3-4-30/h1-2,5-7,30H,3-4H2,(H,27,31)(H6,24,25,26,28,29). The van der Waals surface area contributed by atoms with Crippen molar-refractivity contribution >= 4 is 35.1 Å². The summed E-state index contributed by atoms with van der Waals surface area (Å²) < 4.78 is 55.5. The van der Waals surface area contributed by atoms with E-state index in [0.29, 0.717) is 6.07 Å². The Balaban J connectivity index is 2.60. The monoisotopic (exact) mass is 460 g/mol. The van der Waals surface area contributed by atoms with E-state index in [2.05, 4.69) is 15.3 Å². The number of halogens is 5. The topological polar surface area (TPSA) is 152 Å². The first-order valence-electron chi connectivity index (χ1n) is 8.47. The number of rotatable bonds is 5. The van der Waals surface area contributed by atoms with Gasteiger partial charge in [-0.25, -0.2) is 9.38 Å². The number of alkyl halides is 3. The zero-order valence-corrected chi connectivity index (χ0v) is 16.4. The number of aliphatic imine (C=N–C) groups is 2. The first-order valence-corrected chi connectivity index (χ1v) is 8.85. The number of nitrogens with zero attached hydrogens (tertiary/aromatic N) is 2. The minimum Gasteiger partial charge on any atom is -0.395 e. The summed E-state index contributed by atoms with van der Waals surface area (Å²) in [7, 11) is 0. The number of hydrogen-bond acceptors (Lipinski definition) is 3. The molecule has 8 nitrogen and oxygen atoms in total. The fourth-order valence-electron chi connectivity index (χ4n) is 2.58. The fourth-order valence-corrected chi connectivity index (χ4v) is 2.91. The highest BCUT2D eigenvalue weighted by molar-refractivity contribution is 6.34. The number of aliphatic hydroxyl groups is 1. The van der Waals surface area contributed by atoms with E-state index in [1.54, 1.807) is 0 Å². The van der Waals surface area contributed by atoms with Gasteiger partial charge in [0.1, 0.15) is 5.82 Å². The van der Waals surface area contributed by atoms with Crippen LogP contribution in [-0.2, 0) is 6.18 Å². The molecule has 0 bridgehead atoms. The molecule has 0 spiro atoms. The summed E-state index contributed by atoms with van der Waals surface area (Å²) in [5.74, 6) is -2.85. The maximum Gasteiger partial charge on any atom is 0.417 e.